The van der Waals surface area contributed by atoms with Crippen LogP contribution in [0.3, 0.4) is 0 Å². The molecule has 0 spiro atoms. The maximum absolute atomic E-state index is 6.22. The van der Waals surface area contributed by atoms with Gasteiger partial charge in [0.25, 0.3) is 0 Å². The van der Waals surface area contributed by atoms with Gasteiger partial charge in [-0.3, -0.25) is 4.57 Å². The summed E-state index contributed by atoms with van der Waals surface area (Å²) in [6.07, 6.45) is 3.13. The van der Waals surface area contributed by atoms with E-state index in [1.807, 2.05) is 34.9 Å². The lowest BCUT2D eigenvalue weighted by atomic mass is 10.2. The fourth-order valence-corrected chi connectivity index (χ4v) is 2.67. The highest BCUT2D eigenvalue weighted by molar-refractivity contribution is 7.71. The van der Waals surface area contributed by atoms with Crippen molar-refractivity contribution in [3.05, 3.63) is 46.4 Å². The van der Waals surface area contributed by atoms with Gasteiger partial charge in [-0.05, 0) is 43.6 Å². The fraction of sp³-hybridized carbons (Fsp3) is 0.231. The number of nitrogen functional groups attached to an aromatic ring is 1. The average Bonchev–Trinajstić information content (AvgIpc) is 2.78. The predicted molar refractivity (Wildman–Crippen MR) is 70.8 cm³/mol. The summed E-state index contributed by atoms with van der Waals surface area (Å²) in [5.41, 5.74) is 9.46. The lowest BCUT2D eigenvalue weighted by Gasteiger charge is -2.13. The number of nitrogens with zero attached hydrogens (tertiary/aromatic N) is 2. The Morgan fingerprint density at radius 2 is 1.94 bits per heavy atom. The van der Waals surface area contributed by atoms with E-state index >= 15 is 0 Å². The van der Waals surface area contributed by atoms with Gasteiger partial charge in [0.15, 0.2) is 0 Å². The molecule has 1 aromatic heterocycles. The van der Waals surface area contributed by atoms with Crippen molar-refractivity contribution in [1.82, 2.24) is 9.55 Å². The molecule has 0 saturated heterocycles. The molecule has 1 heterocycles. The highest BCUT2D eigenvalue weighted by Crippen LogP contribution is 2.27. The average molecular weight is 243 g/mol. The highest BCUT2D eigenvalue weighted by atomic mass is 32.1. The van der Waals surface area contributed by atoms with Gasteiger partial charge in [0.1, 0.15) is 5.82 Å². The first-order chi connectivity index (χ1) is 8.27. The molecule has 0 unspecified atom stereocenters. The second kappa shape index (κ2) is 3.96. The third kappa shape index (κ3) is 1.65. The first kappa shape index (κ1) is 10.5. The minimum absolute atomic E-state index is 0.550. The van der Waals surface area contributed by atoms with Crippen molar-refractivity contribution in [3.8, 4) is 5.69 Å². The molecule has 4 heteroatoms. The van der Waals surface area contributed by atoms with E-state index in [0.717, 1.165) is 36.5 Å². The third-order valence-electron chi connectivity index (χ3n) is 3.18. The van der Waals surface area contributed by atoms with Gasteiger partial charge in [-0.1, -0.05) is 18.2 Å². The molecule has 17 heavy (non-hydrogen) atoms. The molecule has 0 saturated carbocycles. The zero-order valence-electron chi connectivity index (χ0n) is 9.39. The van der Waals surface area contributed by atoms with E-state index in [1.165, 1.54) is 5.56 Å². The van der Waals surface area contributed by atoms with Crippen LogP contribution in [0, 0.1) is 4.77 Å². The van der Waals surface area contributed by atoms with E-state index in [9.17, 15) is 0 Å². The predicted octanol–water partition coefficient (Wildman–Crippen LogP) is 2.67. The van der Waals surface area contributed by atoms with Gasteiger partial charge in [-0.15, -0.1) is 0 Å². The number of para-hydroxylation sites is 1. The first-order valence-electron chi connectivity index (χ1n) is 5.73. The minimum Gasteiger partial charge on any atom is -0.384 e. The molecule has 86 valence electrons. The number of fused-ring (bicyclic) bond motifs is 1. The van der Waals surface area contributed by atoms with E-state index < -0.39 is 0 Å². The quantitative estimate of drug-likeness (QED) is 0.783. The zero-order chi connectivity index (χ0) is 11.8. The van der Waals surface area contributed by atoms with Crippen molar-refractivity contribution >= 4 is 18.0 Å². The Morgan fingerprint density at radius 1 is 1.18 bits per heavy atom. The Labute approximate surface area is 105 Å². The number of aryl methyl sites for hydroxylation is 1. The van der Waals surface area contributed by atoms with Crippen LogP contribution < -0.4 is 5.73 Å². The van der Waals surface area contributed by atoms with Crippen LogP contribution in [0.2, 0.25) is 0 Å². The number of hydrogen-bond acceptors (Lipinski definition) is 3. The van der Waals surface area contributed by atoms with Gasteiger partial charge < -0.3 is 5.73 Å². The Hall–Kier alpha value is -1.68. The molecule has 2 aromatic rings. The van der Waals surface area contributed by atoms with Crippen molar-refractivity contribution in [2.24, 2.45) is 0 Å². The molecular weight excluding hydrogens is 230 g/mol. The molecule has 1 aromatic carbocycles. The molecule has 1 aliphatic rings. The molecule has 0 atom stereocenters. The van der Waals surface area contributed by atoms with Crippen LogP contribution in [-0.2, 0) is 12.8 Å². The Bertz CT molecular complexity index is 617. The largest absolute Gasteiger partial charge is 0.384 e. The lowest BCUT2D eigenvalue weighted by Crippen LogP contribution is -2.10. The maximum atomic E-state index is 6.22. The van der Waals surface area contributed by atoms with Crippen LogP contribution >= 0.6 is 12.2 Å². The smallest absolute Gasteiger partial charge is 0.205 e. The summed E-state index contributed by atoms with van der Waals surface area (Å²) in [5, 5.41) is 0. The fourth-order valence-electron chi connectivity index (χ4n) is 2.36. The van der Waals surface area contributed by atoms with Crippen molar-refractivity contribution in [2.45, 2.75) is 19.3 Å². The van der Waals surface area contributed by atoms with Gasteiger partial charge in [-0.25, -0.2) is 4.98 Å². The Morgan fingerprint density at radius 3 is 2.71 bits per heavy atom. The lowest BCUT2D eigenvalue weighted by molar-refractivity contribution is 0.894. The van der Waals surface area contributed by atoms with Gasteiger partial charge in [0, 0.05) is 11.3 Å². The van der Waals surface area contributed by atoms with Gasteiger partial charge in [-0.2, -0.15) is 0 Å². The normalized spacial score (nSPS) is 13.6. The standard InChI is InChI=1S/C13H13N3S/c14-12-10-7-4-8-11(10)15-13(17)16(12)9-5-2-1-3-6-9/h1-3,5-6H,4,7-8,14H2. The van der Waals surface area contributed by atoms with Crippen LogP contribution in [0.15, 0.2) is 30.3 Å². The van der Waals surface area contributed by atoms with Crippen LogP contribution in [0.25, 0.3) is 5.69 Å². The Kier molecular flexibility index (Phi) is 2.44. The van der Waals surface area contributed by atoms with Crippen LogP contribution in [0.4, 0.5) is 5.82 Å². The summed E-state index contributed by atoms with van der Waals surface area (Å²) in [4.78, 5) is 4.49. The summed E-state index contributed by atoms with van der Waals surface area (Å²) in [5.74, 6) is 0.753. The van der Waals surface area contributed by atoms with Crippen molar-refractivity contribution in [1.29, 1.82) is 0 Å². The van der Waals surface area contributed by atoms with Crippen molar-refractivity contribution in [3.63, 3.8) is 0 Å². The molecule has 3 nitrogen and oxygen atoms in total. The van der Waals surface area contributed by atoms with Gasteiger partial charge in [0.2, 0.25) is 4.77 Å². The van der Waals surface area contributed by atoms with Gasteiger partial charge in [0.05, 0.1) is 5.69 Å². The van der Waals surface area contributed by atoms with Crippen molar-refractivity contribution in [2.75, 3.05) is 5.73 Å². The number of hydrogen-bond donors (Lipinski definition) is 1. The molecule has 2 N–H and O–H groups in total. The molecule has 1 aliphatic carbocycles. The topological polar surface area (TPSA) is 43.8 Å². The number of benzene rings is 1. The third-order valence-corrected chi connectivity index (χ3v) is 3.45. The molecular formula is C13H13N3S. The van der Waals surface area contributed by atoms with Gasteiger partial charge >= 0.3 is 0 Å². The molecule has 0 radical (unpaired) electrons. The number of nitrogens with two attached hydrogens (primary N) is 1. The van der Waals surface area contributed by atoms with Crippen LogP contribution in [0.1, 0.15) is 17.7 Å². The number of anilines is 1. The molecule has 0 fully saturated rings. The summed E-state index contributed by atoms with van der Waals surface area (Å²) >= 11 is 5.33. The molecule has 3 rings (SSSR count). The summed E-state index contributed by atoms with van der Waals surface area (Å²) in [6.45, 7) is 0. The minimum atomic E-state index is 0.550. The first-order valence-corrected chi connectivity index (χ1v) is 6.14. The highest BCUT2D eigenvalue weighted by Gasteiger charge is 2.18. The molecule has 0 aliphatic heterocycles. The van der Waals surface area contributed by atoms with E-state index in [4.69, 9.17) is 18.0 Å². The van der Waals surface area contributed by atoms with Crippen LogP contribution in [-0.4, -0.2) is 9.55 Å². The number of rotatable bonds is 1. The van der Waals surface area contributed by atoms with E-state index in [-0.39, 0.29) is 0 Å². The van der Waals surface area contributed by atoms with E-state index in [1.54, 1.807) is 0 Å². The Balaban J connectivity index is 2.28. The second-order valence-corrected chi connectivity index (χ2v) is 4.59. The summed E-state index contributed by atoms with van der Waals surface area (Å²) in [6, 6.07) is 9.92. The van der Waals surface area contributed by atoms with Crippen molar-refractivity contribution < 1.29 is 0 Å². The second-order valence-electron chi connectivity index (χ2n) is 4.23. The maximum Gasteiger partial charge on any atom is 0.205 e. The summed E-state index contributed by atoms with van der Waals surface area (Å²) < 4.78 is 2.41. The van der Waals surface area contributed by atoms with E-state index in [0.29, 0.717) is 4.77 Å². The summed E-state index contributed by atoms with van der Waals surface area (Å²) in [7, 11) is 0. The molecule has 0 amide bonds. The number of aromatic nitrogens is 2. The van der Waals surface area contributed by atoms with E-state index in [2.05, 4.69) is 4.98 Å². The van der Waals surface area contributed by atoms with Crippen LogP contribution in [0.5, 0.6) is 0 Å². The monoisotopic (exact) mass is 243 g/mol. The zero-order valence-corrected chi connectivity index (χ0v) is 10.2. The SMILES string of the molecule is Nc1c2c(nc(=S)n1-c1ccccc1)CCC2. The molecule has 0 bridgehead atoms.